The molecule has 0 aliphatic carbocycles. The van der Waals surface area contributed by atoms with Crippen molar-refractivity contribution in [2.45, 2.75) is 24.9 Å². The normalized spacial score (nSPS) is 11.5. The number of hydrogen-bond acceptors (Lipinski definition) is 3. The van der Waals surface area contributed by atoms with Crippen molar-refractivity contribution in [3.05, 3.63) is 0 Å². The van der Waals surface area contributed by atoms with Crippen LogP contribution in [-0.2, 0) is 4.79 Å². The molecule has 0 rings (SSSR count). The van der Waals surface area contributed by atoms with E-state index in [1.165, 1.54) is 0 Å². The molecule has 0 aromatic carbocycles. The maximum absolute atomic E-state index is 11.9. The zero-order valence-corrected chi connectivity index (χ0v) is 6.22. The predicted molar refractivity (Wildman–Crippen MR) is 38.6 cm³/mol. The Morgan fingerprint density at radius 1 is 1.55 bits per heavy atom. The Balaban J connectivity index is 3.45. The highest BCUT2D eigenvalue weighted by Gasteiger charge is 2.18. The molecular weight excluding hydrogens is 151 g/mol. The first-order valence-electron chi connectivity index (χ1n) is 3.33. The van der Waals surface area contributed by atoms with Crippen LogP contribution in [0.1, 0.15) is 19.3 Å². The molecule has 11 heavy (non-hydrogen) atoms. The minimum absolute atomic E-state index is 0.0177. The van der Waals surface area contributed by atoms with Gasteiger partial charge in [0.25, 0.3) is 0 Å². The summed E-state index contributed by atoms with van der Waals surface area (Å²) in [5, 5.41) is 8.21. The van der Waals surface area contributed by atoms with Crippen LogP contribution in [-0.4, -0.2) is 23.4 Å². The van der Waals surface area contributed by atoms with E-state index in [1.54, 1.807) is 0 Å². The highest BCUT2D eigenvalue weighted by Crippen LogP contribution is 2.05. The van der Waals surface area contributed by atoms with Crippen molar-refractivity contribution in [2.24, 2.45) is 11.5 Å². The van der Waals surface area contributed by atoms with E-state index in [9.17, 15) is 9.18 Å². The van der Waals surface area contributed by atoms with Gasteiger partial charge in [-0.25, -0.2) is 4.39 Å². The zero-order valence-electron chi connectivity index (χ0n) is 6.22. The number of halogens is 1. The van der Waals surface area contributed by atoms with Gasteiger partial charge in [-0.05, 0) is 12.8 Å². The van der Waals surface area contributed by atoms with Crippen molar-refractivity contribution < 1.29 is 14.3 Å². The molecule has 0 aromatic rings. The average molecular weight is 164 g/mol. The highest BCUT2D eigenvalue weighted by atomic mass is 19.1. The number of carbonyl (C=O) groups is 1. The first-order valence-corrected chi connectivity index (χ1v) is 3.33. The third-order valence-electron chi connectivity index (χ3n) is 1.28. The SMILES string of the molecule is NC(N)(CF)CCCC(=O)O. The van der Waals surface area contributed by atoms with Gasteiger partial charge in [0.2, 0.25) is 0 Å². The molecule has 0 radical (unpaired) electrons. The van der Waals surface area contributed by atoms with E-state index < -0.39 is 18.3 Å². The fraction of sp³-hybridized carbons (Fsp3) is 0.833. The first-order chi connectivity index (χ1) is 4.98. The van der Waals surface area contributed by atoms with Gasteiger partial charge in [0.1, 0.15) is 6.67 Å². The quantitative estimate of drug-likeness (QED) is 0.492. The average Bonchev–Trinajstić information content (AvgIpc) is 1.87. The largest absolute Gasteiger partial charge is 0.481 e. The minimum Gasteiger partial charge on any atom is -0.481 e. The van der Waals surface area contributed by atoms with Crippen LogP contribution in [0.3, 0.4) is 0 Å². The van der Waals surface area contributed by atoms with E-state index in [0.717, 1.165) is 0 Å². The van der Waals surface area contributed by atoms with E-state index in [-0.39, 0.29) is 12.8 Å². The lowest BCUT2D eigenvalue weighted by Gasteiger charge is -2.19. The molecular formula is C6H13FN2O2. The van der Waals surface area contributed by atoms with Crippen LogP contribution in [0.15, 0.2) is 0 Å². The van der Waals surface area contributed by atoms with Crippen LogP contribution in [0.2, 0.25) is 0 Å². The second kappa shape index (κ2) is 4.25. The highest BCUT2D eigenvalue weighted by molar-refractivity contribution is 5.66. The van der Waals surface area contributed by atoms with Crippen molar-refractivity contribution in [3.63, 3.8) is 0 Å². The van der Waals surface area contributed by atoms with Crippen LogP contribution >= 0.6 is 0 Å². The van der Waals surface area contributed by atoms with E-state index in [1.807, 2.05) is 0 Å². The standard InChI is InChI=1S/C6H13FN2O2/c7-4-6(8,9)3-1-2-5(10)11/h1-4,8-9H2,(H,10,11). The smallest absolute Gasteiger partial charge is 0.303 e. The van der Waals surface area contributed by atoms with Gasteiger partial charge in [-0.1, -0.05) is 0 Å². The number of alkyl halides is 1. The molecule has 0 aliphatic rings. The molecule has 0 saturated heterocycles. The monoisotopic (exact) mass is 164 g/mol. The molecule has 0 heterocycles. The Morgan fingerprint density at radius 3 is 2.45 bits per heavy atom. The Hall–Kier alpha value is -0.680. The molecule has 0 aromatic heterocycles. The molecule has 5 heteroatoms. The van der Waals surface area contributed by atoms with E-state index in [4.69, 9.17) is 16.6 Å². The van der Waals surface area contributed by atoms with Gasteiger partial charge in [0.15, 0.2) is 0 Å². The number of carboxylic acid groups (broad SMARTS) is 1. The molecule has 0 bridgehead atoms. The zero-order chi connectivity index (χ0) is 8.91. The van der Waals surface area contributed by atoms with Gasteiger partial charge >= 0.3 is 5.97 Å². The van der Waals surface area contributed by atoms with Crippen molar-refractivity contribution in [1.82, 2.24) is 0 Å². The molecule has 0 saturated carbocycles. The summed E-state index contributed by atoms with van der Waals surface area (Å²) in [7, 11) is 0. The van der Waals surface area contributed by atoms with Crippen LogP contribution in [0.25, 0.3) is 0 Å². The number of aliphatic carboxylic acids is 1. The van der Waals surface area contributed by atoms with E-state index >= 15 is 0 Å². The van der Waals surface area contributed by atoms with Gasteiger partial charge in [-0.2, -0.15) is 0 Å². The second-order valence-corrected chi connectivity index (χ2v) is 2.61. The van der Waals surface area contributed by atoms with Crippen LogP contribution in [0.4, 0.5) is 4.39 Å². The van der Waals surface area contributed by atoms with Crippen molar-refractivity contribution >= 4 is 5.97 Å². The summed E-state index contributed by atoms with van der Waals surface area (Å²) in [4.78, 5) is 10.00. The predicted octanol–water partition coefficient (Wildman–Crippen LogP) is -0.176. The Bertz CT molecular complexity index is 139. The maximum atomic E-state index is 11.9. The molecule has 0 spiro atoms. The Labute approximate surface area is 64.4 Å². The Kier molecular flexibility index (Phi) is 3.99. The third kappa shape index (κ3) is 5.75. The summed E-state index contributed by atoms with van der Waals surface area (Å²) in [6, 6.07) is 0. The maximum Gasteiger partial charge on any atom is 0.303 e. The molecule has 66 valence electrons. The molecule has 4 nitrogen and oxygen atoms in total. The van der Waals surface area contributed by atoms with Crippen LogP contribution in [0.5, 0.6) is 0 Å². The summed E-state index contributed by atoms with van der Waals surface area (Å²) in [6.07, 6.45) is 0.484. The molecule has 5 N–H and O–H groups in total. The fourth-order valence-corrected chi connectivity index (χ4v) is 0.636. The minimum atomic E-state index is -1.35. The summed E-state index contributed by atoms with van der Waals surface area (Å²) in [5.41, 5.74) is 9.07. The number of nitrogens with two attached hydrogens (primary N) is 2. The van der Waals surface area contributed by atoms with Crippen molar-refractivity contribution in [1.29, 1.82) is 0 Å². The summed E-state index contributed by atoms with van der Waals surface area (Å²) in [6.45, 7) is -0.827. The molecule has 0 aliphatic heterocycles. The van der Waals surface area contributed by atoms with Gasteiger partial charge in [-0.15, -0.1) is 0 Å². The first kappa shape index (κ1) is 10.3. The van der Waals surface area contributed by atoms with Crippen LogP contribution in [0, 0.1) is 0 Å². The summed E-state index contributed by atoms with van der Waals surface area (Å²) >= 11 is 0. The van der Waals surface area contributed by atoms with Gasteiger partial charge in [0, 0.05) is 6.42 Å². The van der Waals surface area contributed by atoms with Crippen LogP contribution < -0.4 is 11.5 Å². The molecule has 0 atom stereocenters. The third-order valence-corrected chi connectivity index (χ3v) is 1.28. The number of rotatable bonds is 5. The summed E-state index contributed by atoms with van der Waals surface area (Å²) in [5.74, 6) is -0.917. The van der Waals surface area contributed by atoms with Gasteiger partial charge in [0.05, 0.1) is 5.66 Å². The fourth-order valence-electron chi connectivity index (χ4n) is 0.636. The second-order valence-electron chi connectivity index (χ2n) is 2.61. The lowest BCUT2D eigenvalue weighted by Crippen LogP contribution is -2.51. The molecule has 0 unspecified atom stereocenters. The lowest BCUT2D eigenvalue weighted by molar-refractivity contribution is -0.137. The van der Waals surface area contributed by atoms with E-state index in [2.05, 4.69) is 0 Å². The lowest BCUT2D eigenvalue weighted by atomic mass is 10.1. The number of hydrogen-bond donors (Lipinski definition) is 3. The molecule has 0 amide bonds. The Morgan fingerprint density at radius 2 is 2.09 bits per heavy atom. The van der Waals surface area contributed by atoms with Gasteiger partial charge < -0.3 is 16.6 Å². The van der Waals surface area contributed by atoms with Crippen molar-refractivity contribution in [2.75, 3.05) is 6.67 Å². The topological polar surface area (TPSA) is 89.3 Å². The van der Waals surface area contributed by atoms with Crippen molar-refractivity contribution in [3.8, 4) is 0 Å². The van der Waals surface area contributed by atoms with E-state index in [0.29, 0.717) is 6.42 Å². The molecule has 0 fully saturated rings. The number of carboxylic acids is 1. The van der Waals surface area contributed by atoms with Gasteiger partial charge in [-0.3, -0.25) is 4.79 Å². The summed E-state index contributed by atoms with van der Waals surface area (Å²) < 4.78 is 11.9.